The molecule has 0 radical (unpaired) electrons. The molecule has 8 heteroatoms. The predicted octanol–water partition coefficient (Wildman–Crippen LogP) is 3.70. The van der Waals surface area contributed by atoms with Crippen LogP contribution in [0.5, 0.6) is 0 Å². The molecular formula is C24H31FN6O. The standard InChI is InChI=1S/C21H23FN6.C3H8O/c1-26-14-16(13-23-26)19-4-5-21(25-24-19)27-9-7-18(8-10-27)28-11-6-15-2-3-17(22)12-20(15)28;1-3-4-2/h2-5,12-14,18H,6-11H2,1H3;3H2,1-2H3. The number of ether oxygens (including phenoxy) is 1. The first kappa shape index (κ1) is 22.2. The van der Waals surface area contributed by atoms with Crippen LogP contribution in [0.3, 0.4) is 0 Å². The lowest BCUT2D eigenvalue weighted by Gasteiger charge is -2.38. The van der Waals surface area contributed by atoms with Gasteiger partial charge in [-0.2, -0.15) is 5.10 Å². The molecular weight excluding hydrogens is 407 g/mol. The lowest BCUT2D eigenvalue weighted by molar-refractivity contribution is 0.215. The van der Waals surface area contributed by atoms with Gasteiger partial charge in [0.2, 0.25) is 0 Å². The second kappa shape index (κ2) is 10.1. The van der Waals surface area contributed by atoms with Gasteiger partial charge in [-0.3, -0.25) is 4.68 Å². The number of aromatic nitrogens is 4. The Kier molecular flexibility index (Phi) is 6.99. The summed E-state index contributed by atoms with van der Waals surface area (Å²) in [6.07, 6.45) is 6.83. The van der Waals surface area contributed by atoms with E-state index in [0.29, 0.717) is 6.04 Å². The largest absolute Gasteiger partial charge is 0.385 e. The zero-order chi connectivity index (χ0) is 22.5. The molecule has 0 unspecified atom stereocenters. The van der Waals surface area contributed by atoms with Gasteiger partial charge in [-0.25, -0.2) is 4.39 Å². The molecule has 32 heavy (non-hydrogen) atoms. The van der Waals surface area contributed by atoms with Crippen molar-refractivity contribution in [3.8, 4) is 11.3 Å². The van der Waals surface area contributed by atoms with E-state index in [9.17, 15) is 4.39 Å². The first-order chi connectivity index (χ1) is 15.6. The number of anilines is 2. The third-order valence-electron chi connectivity index (χ3n) is 6.15. The summed E-state index contributed by atoms with van der Waals surface area (Å²) in [6, 6.07) is 9.69. The van der Waals surface area contributed by atoms with Gasteiger partial charge in [-0.15, -0.1) is 10.2 Å². The van der Waals surface area contributed by atoms with Crippen molar-refractivity contribution in [2.24, 2.45) is 7.05 Å². The molecule has 1 aromatic carbocycles. The molecule has 0 N–H and O–H groups in total. The summed E-state index contributed by atoms with van der Waals surface area (Å²) in [6.45, 7) is 5.64. The molecule has 1 saturated heterocycles. The van der Waals surface area contributed by atoms with Crippen molar-refractivity contribution in [3.05, 3.63) is 54.1 Å². The smallest absolute Gasteiger partial charge is 0.151 e. The van der Waals surface area contributed by atoms with Gasteiger partial charge in [0.25, 0.3) is 0 Å². The van der Waals surface area contributed by atoms with E-state index in [1.807, 2.05) is 38.4 Å². The monoisotopic (exact) mass is 438 g/mol. The molecule has 0 saturated carbocycles. The van der Waals surface area contributed by atoms with Crippen LogP contribution in [0, 0.1) is 5.82 Å². The van der Waals surface area contributed by atoms with Crippen molar-refractivity contribution >= 4 is 11.5 Å². The predicted molar refractivity (Wildman–Crippen MR) is 124 cm³/mol. The summed E-state index contributed by atoms with van der Waals surface area (Å²) in [7, 11) is 3.57. The minimum Gasteiger partial charge on any atom is -0.385 e. The van der Waals surface area contributed by atoms with Gasteiger partial charge in [0.1, 0.15) is 5.82 Å². The van der Waals surface area contributed by atoms with E-state index >= 15 is 0 Å². The van der Waals surface area contributed by atoms with Crippen LogP contribution in [-0.2, 0) is 18.2 Å². The van der Waals surface area contributed by atoms with Gasteiger partial charge in [-0.05, 0) is 56.0 Å². The lowest BCUT2D eigenvalue weighted by atomic mass is 10.0. The maximum atomic E-state index is 13.7. The molecule has 2 aromatic heterocycles. The maximum absolute atomic E-state index is 13.7. The normalized spacial score (nSPS) is 16.0. The first-order valence-electron chi connectivity index (χ1n) is 11.2. The molecule has 7 nitrogen and oxygen atoms in total. The minimum atomic E-state index is -0.146. The first-order valence-corrected chi connectivity index (χ1v) is 11.2. The van der Waals surface area contributed by atoms with E-state index in [-0.39, 0.29) is 5.82 Å². The number of benzene rings is 1. The Labute approximate surface area is 188 Å². The number of halogens is 1. The number of methoxy groups -OCH3 is 1. The van der Waals surface area contributed by atoms with Crippen LogP contribution in [-0.4, -0.2) is 59.4 Å². The summed E-state index contributed by atoms with van der Waals surface area (Å²) in [5, 5.41) is 13.0. The van der Waals surface area contributed by atoms with Crippen LogP contribution in [0.1, 0.15) is 25.3 Å². The fourth-order valence-electron chi connectivity index (χ4n) is 4.36. The Morgan fingerprint density at radius 3 is 2.50 bits per heavy atom. The molecule has 2 aliphatic heterocycles. The van der Waals surface area contributed by atoms with Crippen molar-refractivity contribution in [2.75, 3.05) is 43.2 Å². The Bertz CT molecular complexity index is 1010. The molecule has 0 bridgehead atoms. The Balaban J connectivity index is 0.000000567. The number of nitrogens with zero attached hydrogens (tertiary/aromatic N) is 6. The molecule has 0 atom stereocenters. The minimum absolute atomic E-state index is 0.146. The molecule has 1 fully saturated rings. The summed E-state index contributed by atoms with van der Waals surface area (Å²) in [5.41, 5.74) is 4.15. The van der Waals surface area contributed by atoms with E-state index in [1.54, 1.807) is 30.1 Å². The molecule has 170 valence electrons. The highest BCUT2D eigenvalue weighted by Gasteiger charge is 2.30. The molecule has 0 aliphatic carbocycles. The van der Waals surface area contributed by atoms with Gasteiger partial charge in [0.05, 0.1) is 11.9 Å². The number of hydrogen-bond acceptors (Lipinski definition) is 6. The van der Waals surface area contributed by atoms with Gasteiger partial charge in [0, 0.05) is 63.9 Å². The van der Waals surface area contributed by atoms with Gasteiger partial charge >= 0.3 is 0 Å². The molecule has 2 aliphatic rings. The van der Waals surface area contributed by atoms with Crippen molar-refractivity contribution < 1.29 is 9.13 Å². The van der Waals surface area contributed by atoms with Gasteiger partial charge in [0.15, 0.2) is 5.82 Å². The highest BCUT2D eigenvalue weighted by atomic mass is 19.1. The molecule has 5 rings (SSSR count). The lowest BCUT2D eigenvalue weighted by Crippen LogP contribution is -2.44. The number of piperidine rings is 1. The molecule has 4 heterocycles. The fourth-order valence-corrected chi connectivity index (χ4v) is 4.36. The van der Waals surface area contributed by atoms with Crippen molar-refractivity contribution in [1.29, 1.82) is 0 Å². The Morgan fingerprint density at radius 2 is 1.88 bits per heavy atom. The average molecular weight is 439 g/mol. The molecule has 0 amide bonds. The number of rotatable bonds is 4. The zero-order valence-electron chi connectivity index (χ0n) is 19.0. The topological polar surface area (TPSA) is 59.3 Å². The highest BCUT2D eigenvalue weighted by Crippen LogP contribution is 2.33. The zero-order valence-corrected chi connectivity index (χ0v) is 19.0. The van der Waals surface area contributed by atoms with Crippen molar-refractivity contribution in [2.45, 2.75) is 32.2 Å². The van der Waals surface area contributed by atoms with Crippen LogP contribution in [0.4, 0.5) is 15.9 Å². The molecule has 0 spiro atoms. The average Bonchev–Trinajstić information content (AvgIpc) is 3.45. The second-order valence-corrected chi connectivity index (χ2v) is 8.19. The summed E-state index contributed by atoms with van der Waals surface area (Å²) < 4.78 is 20.0. The van der Waals surface area contributed by atoms with Crippen LogP contribution >= 0.6 is 0 Å². The summed E-state index contributed by atoms with van der Waals surface area (Å²) in [4.78, 5) is 4.69. The summed E-state index contributed by atoms with van der Waals surface area (Å²) >= 11 is 0. The van der Waals surface area contributed by atoms with E-state index in [0.717, 1.165) is 68.3 Å². The van der Waals surface area contributed by atoms with E-state index in [4.69, 9.17) is 0 Å². The Hall–Kier alpha value is -3.00. The summed E-state index contributed by atoms with van der Waals surface area (Å²) in [5.74, 6) is 0.769. The fraction of sp³-hybridized carbons (Fsp3) is 0.458. The number of aryl methyl sites for hydroxylation is 1. The van der Waals surface area contributed by atoms with Gasteiger partial charge < -0.3 is 14.5 Å². The number of hydrogen-bond donors (Lipinski definition) is 0. The highest BCUT2D eigenvalue weighted by molar-refractivity contribution is 5.60. The van der Waals surface area contributed by atoms with Gasteiger partial charge in [-0.1, -0.05) is 6.07 Å². The van der Waals surface area contributed by atoms with Crippen LogP contribution < -0.4 is 9.80 Å². The van der Waals surface area contributed by atoms with Crippen molar-refractivity contribution in [3.63, 3.8) is 0 Å². The third kappa shape index (κ3) is 4.91. The Morgan fingerprint density at radius 1 is 1.09 bits per heavy atom. The van der Waals surface area contributed by atoms with Crippen molar-refractivity contribution in [1.82, 2.24) is 20.0 Å². The second-order valence-electron chi connectivity index (χ2n) is 8.19. The number of fused-ring (bicyclic) bond motifs is 1. The van der Waals surface area contributed by atoms with E-state index in [2.05, 4.69) is 29.8 Å². The maximum Gasteiger partial charge on any atom is 0.151 e. The van der Waals surface area contributed by atoms with Crippen LogP contribution in [0.25, 0.3) is 11.3 Å². The third-order valence-corrected chi connectivity index (χ3v) is 6.15. The quantitative estimate of drug-likeness (QED) is 0.619. The van der Waals surface area contributed by atoms with E-state index in [1.165, 1.54) is 5.56 Å². The van der Waals surface area contributed by atoms with Crippen LogP contribution in [0.15, 0.2) is 42.7 Å². The van der Waals surface area contributed by atoms with E-state index < -0.39 is 0 Å². The molecule has 3 aromatic rings. The van der Waals surface area contributed by atoms with Crippen LogP contribution in [0.2, 0.25) is 0 Å². The SMILES string of the molecule is CCOC.Cn1cc(-c2ccc(N3CCC(N4CCc5ccc(F)cc54)CC3)nn2)cn1.